The summed E-state index contributed by atoms with van der Waals surface area (Å²) in [6.07, 6.45) is 6.38. The van der Waals surface area contributed by atoms with E-state index in [1.165, 1.54) is 78.8 Å². The Balaban J connectivity index is -0.000000112. The van der Waals surface area contributed by atoms with Crippen LogP contribution in [0.25, 0.3) is 11.1 Å². The van der Waals surface area contributed by atoms with E-state index in [2.05, 4.69) is 155 Å². The molecule has 3 aromatic carbocycles. The fourth-order valence-electron chi connectivity index (χ4n) is 3.64. The van der Waals surface area contributed by atoms with Crippen LogP contribution in [0.15, 0.2) is 90.5 Å². The normalized spacial score (nSPS) is 11.3. The molecule has 9 heteroatoms. The maximum atomic E-state index is 11.2. The van der Waals surface area contributed by atoms with Crippen LogP contribution in [0.2, 0.25) is 19.1 Å². The molecule has 0 atom stereocenters. The third-order valence-electron chi connectivity index (χ3n) is 7.93. The Labute approximate surface area is 381 Å². The van der Waals surface area contributed by atoms with Crippen LogP contribution in [0.3, 0.4) is 0 Å². The maximum Gasteiger partial charge on any atom is 0.417 e. The highest BCUT2D eigenvalue weighted by Crippen LogP contribution is 2.34. The molecule has 0 spiro atoms. The molecule has 1 saturated carbocycles. The summed E-state index contributed by atoms with van der Waals surface area (Å²) in [6, 6.07) is 29.0. The molecule has 0 amide bonds. The van der Waals surface area contributed by atoms with Crippen LogP contribution in [0.5, 0.6) is 0 Å². The first-order valence-electron chi connectivity index (χ1n) is 21.9. The van der Waals surface area contributed by atoms with Gasteiger partial charge in [-0.25, -0.2) is 0 Å². The van der Waals surface area contributed by atoms with Gasteiger partial charge in [0, 0.05) is 23.0 Å². The summed E-state index contributed by atoms with van der Waals surface area (Å²) < 4.78 is 69.4. The van der Waals surface area contributed by atoms with E-state index in [1.54, 1.807) is 26.0 Å². The summed E-state index contributed by atoms with van der Waals surface area (Å²) in [5.41, 5.74) is 5.36. The molecule has 1 aliphatic rings. The monoisotopic (exact) mass is 909 g/mol. The average Bonchev–Trinajstić information content (AvgIpc) is 3.22. The van der Waals surface area contributed by atoms with Crippen molar-refractivity contribution in [1.29, 1.82) is 0 Å². The molecule has 1 fully saturated rings. The van der Waals surface area contributed by atoms with Gasteiger partial charge in [0.25, 0.3) is 6.08 Å². The van der Waals surface area contributed by atoms with Gasteiger partial charge in [-0.1, -0.05) is 216 Å². The van der Waals surface area contributed by atoms with Crippen molar-refractivity contribution in [1.82, 2.24) is 0 Å². The van der Waals surface area contributed by atoms with Crippen molar-refractivity contribution in [2.45, 2.75) is 167 Å². The number of hydrogen-bond acceptors (Lipinski definition) is 2. The van der Waals surface area contributed by atoms with Gasteiger partial charge >= 0.3 is 6.18 Å². The van der Waals surface area contributed by atoms with Gasteiger partial charge in [-0.3, -0.25) is 4.39 Å². The molecule has 0 N–H and O–H groups in total. The number of halogens is 6. The Hall–Kier alpha value is -2.49. The number of alkyl halides is 4. The van der Waals surface area contributed by atoms with E-state index in [9.17, 15) is 26.3 Å². The fourth-order valence-corrected chi connectivity index (χ4v) is 3.64. The number of hydrogen-bond donors (Lipinski definition) is 0. The Morgan fingerprint density at radius 3 is 1.08 bits per heavy atom. The van der Waals surface area contributed by atoms with Crippen molar-refractivity contribution in [2.75, 3.05) is 33.9 Å². The lowest BCUT2D eigenvalue weighted by molar-refractivity contribution is -0.0947. The number of thioether (sulfide) groups is 1. The van der Waals surface area contributed by atoms with Crippen LogP contribution in [-0.4, -0.2) is 48.9 Å². The van der Waals surface area contributed by atoms with Gasteiger partial charge in [0.15, 0.2) is 0 Å². The van der Waals surface area contributed by atoms with E-state index in [4.69, 9.17) is 0 Å². The van der Waals surface area contributed by atoms with Crippen molar-refractivity contribution < 1.29 is 31.1 Å². The first-order valence-corrected chi connectivity index (χ1v) is 26.7. The Morgan fingerprint density at radius 1 is 0.689 bits per heavy atom. The summed E-state index contributed by atoms with van der Waals surface area (Å²) >= 11 is 1.75. The van der Waals surface area contributed by atoms with E-state index in [-0.39, 0.29) is 8.80 Å². The number of ether oxygens (including phenoxy) is 1. The smallest absolute Gasteiger partial charge is 0.388 e. The van der Waals surface area contributed by atoms with Crippen molar-refractivity contribution in [3.8, 4) is 11.1 Å². The lowest BCUT2D eigenvalue weighted by atomic mass is 9.78. The first kappa shape index (κ1) is 72.9. The minimum Gasteiger partial charge on any atom is -0.388 e. The third-order valence-corrected chi connectivity index (χ3v) is 9.56. The van der Waals surface area contributed by atoms with E-state index < -0.39 is 17.8 Å². The van der Waals surface area contributed by atoms with Crippen LogP contribution in [0.1, 0.15) is 138 Å². The molecule has 360 valence electrons. The Kier molecular flexibility index (Phi) is 62.0. The Bertz CT molecular complexity index is 1210. The molecule has 0 unspecified atom stereocenters. The molecule has 0 saturated heterocycles. The minimum atomic E-state index is -4.89. The van der Waals surface area contributed by atoms with Crippen molar-refractivity contribution >= 4 is 20.6 Å². The summed E-state index contributed by atoms with van der Waals surface area (Å²) in [4.78, 5) is 0. The van der Waals surface area contributed by atoms with E-state index in [0.717, 1.165) is 5.92 Å². The highest BCUT2D eigenvalue weighted by atomic mass is 32.2. The van der Waals surface area contributed by atoms with Crippen LogP contribution in [-0.2, 0) is 4.74 Å². The van der Waals surface area contributed by atoms with Crippen molar-refractivity contribution in [3.05, 3.63) is 107 Å². The molecule has 0 heterocycles. The van der Waals surface area contributed by atoms with Gasteiger partial charge < -0.3 is 4.74 Å². The van der Waals surface area contributed by atoms with E-state index in [0.29, 0.717) is 19.5 Å². The zero-order valence-corrected chi connectivity index (χ0v) is 44.9. The second kappa shape index (κ2) is 51.9. The van der Waals surface area contributed by atoms with E-state index >= 15 is 0 Å². The van der Waals surface area contributed by atoms with Gasteiger partial charge in [0.1, 0.15) is 0 Å². The SMILES string of the molecule is CC.CC(=C(F)F)C(F)(F)F.CC1(C)CCCCC1.CCC.CCC(C)C.CC[SiH](C)C.CF.COC.CSC.Cc1ccc(-c2ccc(C)cc2)cc1.Cc1ccccc1. The first-order chi connectivity index (χ1) is 28.5. The molecule has 0 bridgehead atoms. The largest absolute Gasteiger partial charge is 0.417 e. The zero-order valence-electron chi connectivity index (χ0n) is 42.9. The molecule has 61 heavy (non-hydrogen) atoms. The van der Waals surface area contributed by atoms with Crippen LogP contribution >= 0.6 is 11.8 Å². The number of methoxy groups -OCH3 is 1. The number of benzene rings is 3. The average molecular weight is 909 g/mol. The molecule has 4 rings (SSSR count). The summed E-state index contributed by atoms with van der Waals surface area (Å²) in [7, 11) is 3.60. The molecular formula is C52H94F6OSSi. The number of allylic oxidation sites excluding steroid dienone is 1. The quantitative estimate of drug-likeness (QED) is 0.191. The lowest BCUT2D eigenvalue weighted by Crippen LogP contribution is -2.14. The molecular weight excluding hydrogens is 815 g/mol. The molecule has 3 aromatic rings. The molecule has 1 aliphatic carbocycles. The third kappa shape index (κ3) is 61.9. The van der Waals surface area contributed by atoms with Gasteiger partial charge in [-0.15, -0.1) is 0 Å². The second-order valence-electron chi connectivity index (χ2n) is 15.6. The van der Waals surface area contributed by atoms with Crippen LogP contribution in [0.4, 0.5) is 26.3 Å². The molecule has 0 radical (unpaired) electrons. The van der Waals surface area contributed by atoms with Crippen LogP contribution in [0, 0.1) is 32.1 Å². The minimum absolute atomic E-state index is 0.150. The predicted molar refractivity (Wildman–Crippen MR) is 272 cm³/mol. The topological polar surface area (TPSA) is 9.23 Å². The second-order valence-corrected chi connectivity index (χ2v) is 20.0. The molecule has 1 nitrogen and oxygen atoms in total. The van der Waals surface area contributed by atoms with Gasteiger partial charge in [-0.05, 0) is 75.5 Å². The number of rotatable bonds is 3. The zero-order chi connectivity index (χ0) is 49.5. The van der Waals surface area contributed by atoms with Crippen molar-refractivity contribution in [2.24, 2.45) is 11.3 Å². The molecule has 0 aromatic heterocycles. The van der Waals surface area contributed by atoms with E-state index in [1.807, 2.05) is 44.6 Å². The Morgan fingerprint density at radius 2 is 0.951 bits per heavy atom. The van der Waals surface area contributed by atoms with Gasteiger partial charge in [0.2, 0.25) is 0 Å². The standard InChI is InChI=1S/C14H14.C8H16.C7H8.C5H12.C4H3F5.C4H12Si.C3H8.C2H6O.C2H6S.C2H6.CH3F/c1-11-3-7-13(8-4-11)14-9-5-12(2)6-10-14;1-8(2)6-4-3-5-7-8;1-7-5-3-2-4-6-7;1-4-5(2)3;1-2(3(5)6)4(7,8)9;1-4-5(2)3;3*1-3-2;2*1-2/h3-10H,1-2H3;3-7H2,1-2H3;2-6H,1H3;5H,4H2,1-3H3;1H3;5H,4H2,1-3H3;3H2,1-2H3;2*1-2H3;1-2H3;1H3. The highest BCUT2D eigenvalue weighted by Gasteiger charge is 2.33. The lowest BCUT2D eigenvalue weighted by Gasteiger charge is -2.28. The van der Waals surface area contributed by atoms with Crippen LogP contribution < -0.4 is 0 Å². The molecule has 0 aliphatic heterocycles. The fraction of sp³-hybridized carbons (Fsp3) is 0.615. The summed E-state index contributed by atoms with van der Waals surface area (Å²) in [5, 5.41) is 0. The predicted octanol–water partition coefficient (Wildman–Crippen LogP) is 19.5. The van der Waals surface area contributed by atoms with Gasteiger partial charge in [0.05, 0.1) is 12.8 Å². The van der Waals surface area contributed by atoms with Crippen molar-refractivity contribution in [3.63, 3.8) is 0 Å². The highest BCUT2D eigenvalue weighted by molar-refractivity contribution is 7.97. The summed E-state index contributed by atoms with van der Waals surface area (Å²) in [5.74, 6) is 0.884. The maximum absolute atomic E-state index is 11.2. The van der Waals surface area contributed by atoms with Gasteiger partial charge in [-0.2, -0.15) is 33.7 Å². The summed E-state index contributed by atoms with van der Waals surface area (Å²) in [6.45, 7) is 33.3. The number of aryl methyl sites for hydroxylation is 3.